The van der Waals surface area contributed by atoms with Gasteiger partial charge < -0.3 is 10.0 Å². The van der Waals surface area contributed by atoms with Crippen LogP contribution in [-0.2, 0) is 4.79 Å². The lowest BCUT2D eigenvalue weighted by molar-refractivity contribution is -0.385. The number of nitrogens with zero attached hydrogens (tertiary/aromatic N) is 2. The Labute approximate surface area is 122 Å². The Balaban J connectivity index is 3.13. The van der Waals surface area contributed by atoms with Gasteiger partial charge in [-0.25, -0.2) is 0 Å². The van der Waals surface area contributed by atoms with Crippen molar-refractivity contribution < 1.29 is 19.6 Å². The molecule has 1 aromatic carbocycles. The van der Waals surface area contributed by atoms with Gasteiger partial charge in [-0.05, 0) is 6.07 Å². The summed E-state index contributed by atoms with van der Waals surface area (Å²) in [5.41, 5.74) is -0.217. The number of rotatable bonds is 6. The molecule has 7 nitrogen and oxygen atoms in total. The van der Waals surface area contributed by atoms with Crippen LogP contribution >= 0.6 is 15.9 Å². The molecular formula is C12H11BrN2O5. The number of hydrogen-bond acceptors (Lipinski definition) is 4. The number of carbonyl (C=O) groups excluding carboxylic acids is 1. The summed E-state index contributed by atoms with van der Waals surface area (Å²) in [5, 5.41) is 19.5. The second kappa shape index (κ2) is 6.80. The molecule has 106 valence electrons. The zero-order valence-corrected chi connectivity index (χ0v) is 11.9. The molecule has 0 fully saturated rings. The minimum Gasteiger partial charge on any atom is -0.480 e. The van der Waals surface area contributed by atoms with Gasteiger partial charge in [0.1, 0.15) is 6.54 Å². The van der Waals surface area contributed by atoms with E-state index in [-0.39, 0.29) is 17.8 Å². The maximum Gasteiger partial charge on any atom is 0.323 e. The number of amides is 1. The molecular weight excluding hydrogens is 332 g/mol. The van der Waals surface area contributed by atoms with Crippen molar-refractivity contribution in [2.75, 3.05) is 13.1 Å². The SMILES string of the molecule is C=CCN(CC(=O)O)C(=O)c1cc(Br)cc([N+](=O)[O-])c1. The second-order valence-electron chi connectivity index (χ2n) is 3.82. The molecule has 0 heterocycles. The molecule has 8 heteroatoms. The molecule has 1 N–H and O–H groups in total. The van der Waals surface area contributed by atoms with Crippen LogP contribution in [0.1, 0.15) is 10.4 Å². The monoisotopic (exact) mass is 342 g/mol. The van der Waals surface area contributed by atoms with Crippen molar-refractivity contribution >= 4 is 33.5 Å². The van der Waals surface area contributed by atoms with Crippen molar-refractivity contribution in [1.29, 1.82) is 0 Å². The number of carboxylic acids is 1. The lowest BCUT2D eigenvalue weighted by Crippen LogP contribution is -2.35. The molecule has 0 aliphatic heterocycles. The molecule has 0 aliphatic carbocycles. The topological polar surface area (TPSA) is 101 Å². The van der Waals surface area contributed by atoms with Crippen LogP contribution in [0.5, 0.6) is 0 Å². The molecule has 0 unspecified atom stereocenters. The number of nitro groups is 1. The summed E-state index contributed by atoms with van der Waals surface area (Å²) < 4.78 is 0.365. The van der Waals surface area contributed by atoms with E-state index in [1.807, 2.05) is 0 Å². The smallest absolute Gasteiger partial charge is 0.323 e. The Kier molecular flexibility index (Phi) is 5.39. The minimum atomic E-state index is -1.18. The first-order valence-electron chi connectivity index (χ1n) is 5.42. The van der Waals surface area contributed by atoms with Crippen molar-refractivity contribution in [1.82, 2.24) is 4.90 Å². The highest BCUT2D eigenvalue weighted by atomic mass is 79.9. The van der Waals surface area contributed by atoms with E-state index in [1.54, 1.807) is 0 Å². The van der Waals surface area contributed by atoms with E-state index < -0.39 is 23.3 Å². The zero-order valence-electron chi connectivity index (χ0n) is 10.3. The normalized spacial score (nSPS) is 9.85. The van der Waals surface area contributed by atoms with Crippen LogP contribution in [0.2, 0.25) is 0 Å². The quantitative estimate of drug-likeness (QED) is 0.484. The second-order valence-corrected chi connectivity index (χ2v) is 4.74. The van der Waals surface area contributed by atoms with Crippen LogP contribution in [0.4, 0.5) is 5.69 Å². The third-order valence-corrected chi connectivity index (χ3v) is 2.76. The van der Waals surface area contributed by atoms with Gasteiger partial charge in [-0.1, -0.05) is 22.0 Å². The van der Waals surface area contributed by atoms with E-state index in [0.29, 0.717) is 4.47 Å². The average Bonchev–Trinajstić information content (AvgIpc) is 2.36. The van der Waals surface area contributed by atoms with E-state index in [9.17, 15) is 19.7 Å². The third-order valence-electron chi connectivity index (χ3n) is 2.30. The Bertz CT molecular complexity index is 573. The van der Waals surface area contributed by atoms with Crippen LogP contribution in [0.25, 0.3) is 0 Å². The maximum absolute atomic E-state index is 12.2. The summed E-state index contributed by atoms with van der Waals surface area (Å²) in [6.45, 7) is 2.97. The molecule has 0 atom stereocenters. The molecule has 0 spiro atoms. The standard InChI is InChI=1S/C12H11BrN2O5/c1-2-3-14(7-11(16)17)12(18)8-4-9(13)6-10(5-8)15(19)20/h2,4-6H,1,3,7H2,(H,16,17). The van der Waals surface area contributed by atoms with Gasteiger partial charge in [-0.3, -0.25) is 19.7 Å². The van der Waals surface area contributed by atoms with Gasteiger partial charge in [0, 0.05) is 28.7 Å². The van der Waals surface area contributed by atoms with Gasteiger partial charge in [0.05, 0.1) is 4.92 Å². The summed E-state index contributed by atoms with van der Waals surface area (Å²) >= 11 is 3.08. The molecule has 1 aromatic rings. The largest absolute Gasteiger partial charge is 0.480 e. The van der Waals surface area contributed by atoms with E-state index in [2.05, 4.69) is 22.5 Å². The summed E-state index contributed by atoms with van der Waals surface area (Å²) in [5.74, 6) is -1.79. The van der Waals surface area contributed by atoms with E-state index in [1.165, 1.54) is 18.2 Å². The van der Waals surface area contributed by atoms with Crippen molar-refractivity contribution in [2.24, 2.45) is 0 Å². The number of carboxylic acid groups (broad SMARTS) is 1. The predicted octanol–water partition coefficient (Wildman–Crippen LogP) is 2.07. The van der Waals surface area contributed by atoms with Gasteiger partial charge in [-0.15, -0.1) is 6.58 Å². The van der Waals surface area contributed by atoms with Gasteiger partial charge in [0.25, 0.3) is 11.6 Å². The number of halogens is 1. The first kappa shape index (κ1) is 15.8. The molecule has 0 radical (unpaired) electrons. The molecule has 1 rings (SSSR count). The van der Waals surface area contributed by atoms with Crippen LogP contribution in [0.15, 0.2) is 35.3 Å². The Morgan fingerprint density at radius 1 is 1.45 bits per heavy atom. The number of non-ortho nitro benzene ring substituents is 1. The highest BCUT2D eigenvalue weighted by Crippen LogP contribution is 2.22. The summed E-state index contributed by atoms with van der Waals surface area (Å²) in [6, 6.07) is 3.75. The number of nitro benzene ring substituents is 1. The number of hydrogen-bond donors (Lipinski definition) is 1. The van der Waals surface area contributed by atoms with Crippen molar-refractivity contribution in [3.63, 3.8) is 0 Å². The molecule has 0 aliphatic rings. The van der Waals surface area contributed by atoms with E-state index in [4.69, 9.17) is 5.11 Å². The summed E-state index contributed by atoms with van der Waals surface area (Å²) in [4.78, 5) is 34.0. The molecule has 0 bridgehead atoms. The van der Waals surface area contributed by atoms with Crippen LogP contribution < -0.4 is 0 Å². The lowest BCUT2D eigenvalue weighted by Gasteiger charge is -2.18. The highest BCUT2D eigenvalue weighted by molar-refractivity contribution is 9.10. The van der Waals surface area contributed by atoms with Crippen LogP contribution in [0.3, 0.4) is 0 Å². The lowest BCUT2D eigenvalue weighted by atomic mass is 10.1. The van der Waals surface area contributed by atoms with Gasteiger partial charge >= 0.3 is 5.97 Å². The maximum atomic E-state index is 12.2. The third kappa shape index (κ3) is 4.16. The summed E-state index contributed by atoms with van der Waals surface area (Å²) in [6.07, 6.45) is 1.38. The van der Waals surface area contributed by atoms with Crippen molar-refractivity contribution in [3.8, 4) is 0 Å². The number of aliphatic carboxylic acids is 1. The Morgan fingerprint density at radius 2 is 2.10 bits per heavy atom. The molecule has 0 aromatic heterocycles. The highest BCUT2D eigenvalue weighted by Gasteiger charge is 2.20. The van der Waals surface area contributed by atoms with Crippen molar-refractivity contribution in [3.05, 3.63) is 51.0 Å². The average molecular weight is 343 g/mol. The Morgan fingerprint density at radius 3 is 2.60 bits per heavy atom. The van der Waals surface area contributed by atoms with Gasteiger partial charge in [0.2, 0.25) is 0 Å². The predicted molar refractivity (Wildman–Crippen MR) is 74.5 cm³/mol. The minimum absolute atomic E-state index is 0.0332. The van der Waals surface area contributed by atoms with Crippen molar-refractivity contribution in [2.45, 2.75) is 0 Å². The summed E-state index contributed by atoms with van der Waals surface area (Å²) in [7, 11) is 0. The number of carbonyl (C=O) groups is 2. The molecule has 0 saturated heterocycles. The first-order chi connectivity index (χ1) is 9.35. The van der Waals surface area contributed by atoms with Gasteiger partial charge in [0.15, 0.2) is 0 Å². The molecule has 0 saturated carbocycles. The molecule has 20 heavy (non-hydrogen) atoms. The fraction of sp³-hybridized carbons (Fsp3) is 0.167. The van der Waals surface area contributed by atoms with E-state index in [0.717, 1.165) is 11.0 Å². The van der Waals surface area contributed by atoms with Crippen LogP contribution in [-0.4, -0.2) is 39.9 Å². The van der Waals surface area contributed by atoms with Gasteiger partial charge in [-0.2, -0.15) is 0 Å². The zero-order chi connectivity index (χ0) is 15.3. The fourth-order valence-electron chi connectivity index (χ4n) is 1.52. The first-order valence-corrected chi connectivity index (χ1v) is 6.21. The molecule has 1 amide bonds. The Hall–Kier alpha value is -2.22. The fourth-order valence-corrected chi connectivity index (χ4v) is 2.01. The number of benzene rings is 1. The van der Waals surface area contributed by atoms with Crippen LogP contribution in [0, 0.1) is 10.1 Å². The van der Waals surface area contributed by atoms with E-state index >= 15 is 0 Å².